The highest BCUT2D eigenvalue weighted by atomic mass is 35.5. The van der Waals surface area contributed by atoms with Crippen molar-refractivity contribution >= 4 is 34.8 Å². The average Bonchev–Trinajstić information content (AvgIpc) is 3.46. The van der Waals surface area contributed by atoms with Gasteiger partial charge in [-0.15, -0.1) is 11.3 Å². The molecule has 5 nitrogen and oxygen atoms in total. The van der Waals surface area contributed by atoms with Crippen molar-refractivity contribution in [2.75, 3.05) is 19.6 Å². The minimum Gasteiger partial charge on any atom is -0.355 e. The predicted molar refractivity (Wildman–Crippen MR) is 121 cm³/mol. The summed E-state index contributed by atoms with van der Waals surface area (Å²) in [6.45, 7) is 2.23. The lowest BCUT2D eigenvalue weighted by atomic mass is 9.78. The van der Waals surface area contributed by atoms with Gasteiger partial charge >= 0.3 is 0 Å². The van der Waals surface area contributed by atoms with Gasteiger partial charge in [0, 0.05) is 48.8 Å². The van der Waals surface area contributed by atoms with Gasteiger partial charge in [0.2, 0.25) is 11.8 Å². The molecule has 1 N–H and O–H groups in total. The number of hydrogen-bond acceptors (Lipinski definition) is 4. The lowest BCUT2D eigenvalue weighted by Gasteiger charge is -2.32. The number of carbonyl (C=O) groups excluding carboxylic acids is 2. The van der Waals surface area contributed by atoms with Crippen LogP contribution in [0.25, 0.3) is 10.6 Å². The molecule has 1 saturated carbocycles. The Balaban J connectivity index is 1.32. The summed E-state index contributed by atoms with van der Waals surface area (Å²) in [6, 6.07) is 7.69. The van der Waals surface area contributed by atoms with Gasteiger partial charge in [0.25, 0.3) is 0 Å². The molecule has 2 aliphatic rings. The lowest BCUT2D eigenvalue weighted by Crippen LogP contribution is -2.45. The fraction of sp³-hybridized carbons (Fsp3) is 0.522. The van der Waals surface area contributed by atoms with Crippen LogP contribution in [0.4, 0.5) is 0 Å². The summed E-state index contributed by atoms with van der Waals surface area (Å²) < 4.78 is 0. The normalized spacial score (nSPS) is 21.6. The van der Waals surface area contributed by atoms with E-state index in [4.69, 9.17) is 11.6 Å². The SMILES string of the molecule is O=C(NCCc1csc(-c2ccccc2Cl)n1)[C@@H]1CCCC[C@H]1C(=O)N1CCCC1. The summed E-state index contributed by atoms with van der Waals surface area (Å²) >= 11 is 7.83. The van der Waals surface area contributed by atoms with Crippen molar-refractivity contribution < 1.29 is 9.59 Å². The highest BCUT2D eigenvalue weighted by Gasteiger charge is 2.38. The van der Waals surface area contributed by atoms with Gasteiger partial charge in [-0.05, 0) is 31.7 Å². The molecule has 0 bridgehead atoms. The van der Waals surface area contributed by atoms with E-state index in [1.165, 1.54) is 0 Å². The number of amides is 2. The molecule has 2 aromatic rings. The van der Waals surface area contributed by atoms with Gasteiger partial charge < -0.3 is 10.2 Å². The molecule has 4 rings (SSSR count). The predicted octanol–water partition coefficient (Wildman–Crippen LogP) is 4.55. The minimum atomic E-state index is -0.194. The Morgan fingerprint density at radius 2 is 1.83 bits per heavy atom. The second kappa shape index (κ2) is 9.92. The molecule has 1 aromatic heterocycles. The van der Waals surface area contributed by atoms with E-state index in [0.29, 0.717) is 18.0 Å². The van der Waals surface area contributed by atoms with Crippen molar-refractivity contribution in [1.82, 2.24) is 15.2 Å². The molecule has 1 aliphatic heterocycles. The van der Waals surface area contributed by atoms with E-state index in [2.05, 4.69) is 10.3 Å². The first-order valence-corrected chi connectivity index (χ1v) is 12.1. The zero-order valence-electron chi connectivity index (χ0n) is 17.1. The van der Waals surface area contributed by atoms with Crippen molar-refractivity contribution in [3.8, 4) is 10.6 Å². The fourth-order valence-corrected chi connectivity index (χ4v) is 5.71. The molecule has 160 valence electrons. The number of carbonyl (C=O) groups is 2. The number of nitrogens with zero attached hydrogens (tertiary/aromatic N) is 2. The summed E-state index contributed by atoms with van der Waals surface area (Å²) in [5.74, 6) is -0.131. The Hall–Kier alpha value is -1.92. The van der Waals surface area contributed by atoms with Crippen LogP contribution in [0.2, 0.25) is 5.02 Å². The third kappa shape index (κ3) is 4.86. The number of nitrogens with one attached hydrogen (secondary N) is 1. The topological polar surface area (TPSA) is 62.3 Å². The number of halogens is 1. The maximum atomic E-state index is 12.9. The van der Waals surface area contributed by atoms with Crippen molar-refractivity contribution in [3.63, 3.8) is 0 Å². The maximum Gasteiger partial charge on any atom is 0.226 e. The lowest BCUT2D eigenvalue weighted by molar-refractivity contribution is -0.142. The highest BCUT2D eigenvalue weighted by molar-refractivity contribution is 7.13. The Bertz CT molecular complexity index is 894. The molecule has 0 radical (unpaired) electrons. The Morgan fingerprint density at radius 1 is 1.10 bits per heavy atom. The van der Waals surface area contributed by atoms with Crippen LogP contribution in [-0.4, -0.2) is 41.3 Å². The summed E-state index contributed by atoms with van der Waals surface area (Å²) in [7, 11) is 0. The third-order valence-electron chi connectivity index (χ3n) is 6.17. The Labute approximate surface area is 186 Å². The molecular formula is C23H28ClN3O2S. The van der Waals surface area contributed by atoms with Crippen LogP contribution < -0.4 is 5.32 Å². The van der Waals surface area contributed by atoms with Gasteiger partial charge in [0.05, 0.1) is 10.7 Å². The van der Waals surface area contributed by atoms with Gasteiger partial charge in [-0.25, -0.2) is 4.98 Å². The van der Waals surface area contributed by atoms with Gasteiger partial charge in [0.15, 0.2) is 0 Å². The Kier molecular flexibility index (Phi) is 7.05. The highest BCUT2D eigenvalue weighted by Crippen LogP contribution is 2.33. The number of likely N-dealkylation sites (tertiary alicyclic amines) is 1. The first-order valence-electron chi connectivity index (χ1n) is 10.9. The van der Waals surface area contributed by atoms with E-state index >= 15 is 0 Å². The summed E-state index contributed by atoms with van der Waals surface area (Å²) in [6.07, 6.45) is 6.54. The van der Waals surface area contributed by atoms with Crippen molar-refractivity contribution in [3.05, 3.63) is 40.4 Å². The van der Waals surface area contributed by atoms with Crippen molar-refractivity contribution in [1.29, 1.82) is 0 Å². The number of rotatable bonds is 6. The zero-order chi connectivity index (χ0) is 20.9. The molecule has 2 heterocycles. The van der Waals surface area contributed by atoms with Crippen molar-refractivity contribution in [2.45, 2.75) is 44.9 Å². The van der Waals surface area contributed by atoms with Crippen LogP contribution in [-0.2, 0) is 16.0 Å². The van der Waals surface area contributed by atoms with Crippen LogP contribution in [0.5, 0.6) is 0 Å². The van der Waals surface area contributed by atoms with Gasteiger partial charge in [-0.2, -0.15) is 0 Å². The maximum absolute atomic E-state index is 12.9. The Morgan fingerprint density at radius 3 is 2.60 bits per heavy atom. The first-order chi connectivity index (χ1) is 14.6. The van der Waals surface area contributed by atoms with Crippen LogP contribution in [0.1, 0.15) is 44.2 Å². The van der Waals surface area contributed by atoms with E-state index in [9.17, 15) is 9.59 Å². The minimum absolute atomic E-state index is 0.0220. The van der Waals surface area contributed by atoms with E-state index in [1.54, 1.807) is 11.3 Å². The average molecular weight is 446 g/mol. The van der Waals surface area contributed by atoms with E-state index in [-0.39, 0.29) is 23.7 Å². The summed E-state index contributed by atoms with van der Waals surface area (Å²) in [5.41, 5.74) is 1.88. The van der Waals surface area contributed by atoms with E-state index in [1.807, 2.05) is 34.5 Å². The number of hydrogen-bond donors (Lipinski definition) is 1. The van der Waals surface area contributed by atoms with Gasteiger partial charge in [-0.3, -0.25) is 9.59 Å². The molecule has 0 spiro atoms. The zero-order valence-corrected chi connectivity index (χ0v) is 18.7. The molecule has 7 heteroatoms. The molecule has 1 aromatic carbocycles. The second-order valence-corrected chi connectivity index (χ2v) is 9.46. The molecule has 2 atom stereocenters. The number of aromatic nitrogens is 1. The molecule has 2 amide bonds. The summed E-state index contributed by atoms with van der Waals surface area (Å²) in [5, 5.41) is 6.67. The molecular weight excluding hydrogens is 418 g/mol. The van der Waals surface area contributed by atoms with E-state index in [0.717, 1.165) is 67.9 Å². The number of benzene rings is 1. The monoisotopic (exact) mass is 445 g/mol. The van der Waals surface area contributed by atoms with Crippen LogP contribution in [0.3, 0.4) is 0 Å². The molecule has 1 saturated heterocycles. The van der Waals surface area contributed by atoms with Crippen LogP contribution in [0, 0.1) is 11.8 Å². The van der Waals surface area contributed by atoms with Crippen molar-refractivity contribution in [2.24, 2.45) is 11.8 Å². The molecule has 1 aliphatic carbocycles. The van der Waals surface area contributed by atoms with Gasteiger partial charge in [0.1, 0.15) is 5.01 Å². The second-order valence-electron chi connectivity index (χ2n) is 8.19. The summed E-state index contributed by atoms with van der Waals surface area (Å²) in [4.78, 5) is 32.4. The van der Waals surface area contributed by atoms with Gasteiger partial charge in [-0.1, -0.05) is 42.6 Å². The third-order valence-corrected chi connectivity index (χ3v) is 7.43. The quantitative estimate of drug-likeness (QED) is 0.709. The van der Waals surface area contributed by atoms with E-state index < -0.39 is 0 Å². The largest absolute Gasteiger partial charge is 0.355 e. The first kappa shape index (κ1) is 21.3. The molecule has 30 heavy (non-hydrogen) atoms. The van der Waals surface area contributed by atoms with Crippen LogP contribution >= 0.6 is 22.9 Å². The molecule has 2 fully saturated rings. The smallest absolute Gasteiger partial charge is 0.226 e. The molecule has 0 unspecified atom stereocenters. The standard InChI is InChI=1S/C23H28ClN3O2S/c24-20-10-4-3-9-19(20)22-26-16(15-30-22)11-12-25-21(28)17-7-1-2-8-18(17)23(29)27-13-5-6-14-27/h3-4,9-10,15,17-18H,1-2,5-8,11-14H2,(H,25,28)/t17-,18-/m1/s1. The number of thiazole rings is 1. The fourth-order valence-electron chi connectivity index (χ4n) is 4.54. The van der Waals surface area contributed by atoms with Crippen LogP contribution in [0.15, 0.2) is 29.6 Å².